The van der Waals surface area contributed by atoms with E-state index in [-0.39, 0.29) is 12.5 Å². The lowest BCUT2D eigenvalue weighted by Crippen LogP contribution is -2.19. The van der Waals surface area contributed by atoms with E-state index in [0.717, 1.165) is 4.88 Å². The Morgan fingerprint density at radius 2 is 2.20 bits per heavy atom. The molecule has 0 atom stereocenters. The monoisotopic (exact) mass is 376 g/mol. The third kappa shape index (κ3) is 3.72. The number of carbonyl (C=O) groups excluding carboxylic acids is 1. The number of methoxy groups -OCH3 is 2. The Morgan fingerprint density at radius 1 is 1.36 bits per heavy atom. The Balaban J connectivity index is 1.80. The van der Waals surface area contributed by atoms with Crippen LogP contribution in [0.3, 0.4) is 0 Å². The van der Waals surface area contributed by atoms with Crippen molar-refractivity contribution in [1.29, 1.82) is 0 Å². The molecule has 0 aliphatic heterocycles. The predicted octanol–water partition coefficient (Wildman–Crippen LogP) is 3.33. The van der Waals surface area contributed by atoms with Crippen LogP contribution >= 0.6 is 23.6 Å². The zero-order valence-electron chi connectivity index (χ0n) is 13.6. The molecule has 0 aliphatic carbocycles. The first-order valence-electron chi connectivity index (χ1n) is 7.33. The van der Waals surface area contributed by atoms with E-state index in [1.165, 1.54) is 18.4 Å². The standard InChI is InChI=1S/C16H16N4O3S2/c1-22-10-5-6-11(12(8-10)23-2)17-14(21)9-20-15(18-19-16(20)24)13-4-3-7-25-13/h3-8H,9H2,1-2H3,(H,17,21)(H,19,24). The molecule has 1 amide bonds. The minimum absolute atomic E-state index is 0.0394. The third-order valence-electron chi connectivity index (χ3n) is 3.48. The fourth-order valence-corrected chi connectivity index (χ4v) is 3.21. The van der Waals surface area contributed by atoms with Gasteiger partial charge >= 0.3 is 0 Å². The maximum absolute atomic E-state index is 12.5. The van der Waals surface area contributed by atoms with Crippen LogP contribution in [0, 0.1) is 4.77 Å². The normalized spacial score (nSPS) is 10.5. The number of anilines is 1. The van der Waals surface area contributed by atoms with Gasteiger partial charge in [-0.1, -0.05) is 6.07 Å². The maximum Gasteiger partial charge on any atom is 0.244 e. The molecule has 0 radical (unpaired) electrons. The predicted molar refractivity (Wildman–Crippen MR) is 98.9 cm³/mol. The number of rotatable bonds is 6. The van der Waals surface area contributed by atoms with E-state index in [0.29, 0.717) is 27.8 Å². The summed E-state index contributed by atoms with van der Waals surface area (Å²) in [4.78, 5) is 13.4. The Labute approximate surface area is 153 Å². The van der Waals surface area contributed by atoms with Crippen LogP contribution < -0.4 is 14.8 Å². The van der Waals surface area contributed by atoms with Gasteiger partial charge in [0.2, 0.25) is 5.91 Å². The van der Waals surface area contributed by atoms with Crippen molar-refractivity contribution in [3.63, 3.8) is 0 Å². The molecule has 0 bridgehead atoms. The second-order valence-electron chi connectivity index (χ2n) is 5.03. The van der Waals surface area contributed by atoms with Gasteiger partial charge in [-0.25, -0.2) is 0 Å². The summed E-state index contributed by atoms with van der Waals surface area (Å²) in [5, 5.41) is 11.7. The molecule has 2 N–H and O–H groups in total. The fraction of sp³-hybridized carbons (Fsp3) is 0.188. The number of carbonyl (C=O) groups is 1. The minimum atomic E-state index is -0.237. The lowest BCUT2D eigenvalue weighted by molar-refractivity contribution is -0.116. The van der Waals surface area contributed by atoms with Crippen LogP contribution in [0.4, 0.5) is 5.69 Å². The molecular weight excluding hydrogens is 360 g/mol. The van der Waals surface area contributed by atoms with E-state index in [2.05, 4.69) is 15.5 Å². The molecular formula is C16H16N4O3S2. The lowest BCUT2D eigenvalue weighted by atomic mass is 10.2. The average Bonchev–Trinajstić information content (AvgIpc) is 3.26. The second-order valence-corrected chi connectivity index (χ2v) is 6.36. The highest BCUT2D eigenvalue weighted by molar-refractivity contribution is 7.71. The van der Waals surface area contributed by atoms with Crippen LogP contribution in [0.25, 0.3) is 10.7 Å². The number of hydrogen-bond acceptors (Lipinski definition) is 6. The molecule has 0 spiro atoms. The molecule has 130 valence electrons. The summed E-state index contributed by atoms with van der Waals surface area (Å²) in [5.74, 6) is 1.56. The summed E-state index contributed by atoms with van der Waals surface area (Å²) in [7, 11) is 3.10. The summed E-state index contributed by atoms with van der Waals surface area (Å²) in [5.41, 5.74) is 0.556. The quantitative estimate of drug-likeness (QED) is 0.645. The van der Waals surface area contributed by atoms with Gasteiger partial charge < -0.3 is 14.8 Å². The Morgan fingerprint density at radius 3 is 2.88 bits per heavy atom. The number of nitrogens with one attached hydrogen (secondary N) is 2. The first-order valence-corrected chi connectivity index (χ1v) is 8.62. The molecule has 7 nitrogen and oxygen atoms in total. The van der Waals surface area contributed by atoms with Crippen LogP contribution in [0.5, 0.6) is 11.5 Å². The van der Waals surface area contributed by atoms with E-state index >= 15 is 0 Å². The van der Waals surface area contributed by atoms with Gasteiger partial charge in [-0.15, -0.1) is 11.3 Å². The van der Waals surface area contributed by atoms with Crippen molar-refractivity contribution in [3.05, 3.63) is 40.5 Å². The fourth-order valence-electron chi connectivity index (χ4n) is 2.29. The number of thiophene rings is 1. The summed E-state index contributed by atoms with van der Waals surface area (Å²) in [6.45, 7) is 0.0394. The molecule has 0 saturated heterocycles. The number of ether oxygens (including phenoxy) is 2. The molecule has 9 heteroatoms. The summed E-state index contributed by atoms with van der Waals surface area (Å²) in [6, 6.07) is 9.03. The Hall–Kier alpha value is -2.65. The molecule has 3 rings (SSSR count). The smallest absolute Gasteiger partial charge is 0.244 e. The van der Waals surface area contributed by atoms with E-state index in [4.69, 9.17) is 21.7 Å². The third-order valence-corrected chi connectivity index (χ3v) is 4.66. The SMILES string of the molecule is COc1ccc(NC(=O)Cn2c(-c3cccs3)n[nH]c2=S)c(OC)c1. The highest BCUT2D eigenvalue weighted by atomic mass is 32.1. The first kappa shape index (κ1) is 17.2. The molecule has 0 saturated carbocycles. The topological polar surface area (TPSA) is 81.2 Å². The number of nitrogens with zero attached hydrogens (tertiary/aromatic N) is 2. The van der Waals surface area contributed by atoms with E-state index < -0.39 is 0 Å². The highest BCUT2D eigenvalue weighted by Crippen LogP contribution is 2.29. The Bertz CT molecular complexity index is 931. The summed E-state index contributed by atoms with van der Waals surface area (Å²) >= 11 is 6.77. The number of aromatic nitrogens is 3. The van der Waals surface area contributed by atoms with E-state index in [1.807, 2.05) is 17.5 Å². The lowest BCUT2D eigenvalue weighted by Gasteiger charge is -2.12. The van der Waals surface area contributed by atoms with Gasteiger partial charge in [0.15, 0.2) is 10.6 Å². The number of amides is 1. The van der Waals surface area contributed by atoms with Gasteiger partial charge in [-0.3, -0.25) is 14.5 Å². The second kappa shape index (κ2) is 7.49. The van der Waals surface area contributed by atoms with Crippen LogP contribution in [0.2, 0.25) is 0 Å². The van der Waals surface area contributed by atoms with Gasteiger partial charge in [0.05, 0.1) is 24.8 Å². The molecule has 1 aromatic carbocycles. The number of hydrogen-bond donors (Lipinski definition) is 2. The van der Waals surface area contributed by atoms with Crippen molar-refractivity contribution in [2.24, 2.45) is 0 Å². The van der Waals surface area contributed by atoms with Crippen molar-refractivity contribution in [3.8, 4) is 22.2 Å². The van der Waals surface area contributed by atoms with Gasteiger partial charge in [-0.05, 0) is 35.8 Å². The summed E-state index contributed by atoms with van der Waals surface area (Å²) < 4.78 is 12.5. The van der Waals surface area contributed by atoms with E-state index in [9.17, 15) is 4.79 Å². The molecule has 0 unspecified atom stereocenters. The zero-order chi connectivity index (χ0) is 17.8. The van der Waals surface area contributed by atoms with Crippen LogP contribution in [-0.4, -0.2) is 34.9 Å². The minimum Gasteiger partial charge on any atom is -0.497 e. The van der Waals surface area contributed by atoms with Crippen molar-refractivity contribution < 1.29 is 14.3 Å². The van der Waals surface area contributed by atoms with Gasteiger partial charge in [-0.2, -0.15) is 5.10 Å². The number of H-pyrrole nitrogens is 1. The molecule has 3 aromatic rings. The van der Waals surface area contributed by atoms with Crippen LogP contribution in [0.15, 0.2) is 35.7 Å². The van der Waals surface area contributed by atoms with Crippen molar-refractivity contribution in [2.75, 3.05) is 19.5 Å². The maximum atomic E-state index is 12.5. The molecule has 2 heterocycles. The van der Waals surface area contributed by atoms with Gasteiger partial charge in [0.1, 0.15) is 18.0 Å². The van der Waals surface area contributed by atoms with Crippen molar-refractivity contribution in [1.82, 2.24) is 14.8 Å². The highest BCUT2D eigenvalue weighted by Gasteiger charge is 2.14. The molecule has 0 aliphatic rings. The summed E-state index contributed by atoms with van der Waals surface area (Å²) in [6.07, 6.45) is 0. The Kier molecular flexibility index (Phi) is 5.15. The molecule has 2 aromatic heterocycles. The zero-order valence-corrected chi connectivity index (χ0v) is 15.2. The molecule has 0 fully saturated rings. The van der Waals surface area contributed by atoms with E-state index in [1.54, 1.807) is 29.9 Å². The van der Waals surface area contributed by atoms with Crippen molar-refractivity contribution in [2.45, 2.75) is 6.54 Å². The van der Waals surface area contributed by atoms with Gasteiger partial charge in [0.25, 0.3) is 0 Å². The number of aromatic amines is 1. The van der Waals surface area contributed by atoms with Crippen LogP contribution in [0.1, 0.15) is 0 Å². The molecule has 25 heavy (non-hydrogen) atoms. The average molecular weight is 376 g/mol. The largest absolute Gasteiger partial charge is 0.497 e. The van der Waals surface area contributed by atoms with Crippen molar-refractivity contribution >= 4 is 35.1 Å². The number of benzene rings is 1. The van der Waals surface area contributed by atoms with Gasteiger partial charge in [0, 0.05) is 6.07 Å². The van der Waals surface area contributed by atoms with Crippen LogP contribution in [-0.2, 0) is 11.3 Å². The first-order chi connectivity index (χ1) is 12.1.